The topological polar surface area (TPSA) is 17.8 Å². The maximum Gasteiger partial charge on any atom is 0.151 e. The lowest BCUT2D eigenvalue weighted by Gasteiger charge is -2.10. The third-order valence-electron chi connectivity index (χ3n) is 3.08. The van der Waals surface area contributed by atoms with Gasteiger partial charge in [0.25, 0.3) is 0 Å². The molecule has 0 saturated heterocycles. The van der Waals surface area contributed by atoms with Gasteiger partial charge in [-0.3, -0.25) is 4.57 Å². The quantitative estimate of drug-likeness (QED) is 0.434. The van der Waals surface area contributed by atoms with Crippen molar-refractivity contribution in [2.75, 3.05) is 0 Å². The van der Waals surface area contributed by atoms with Crippen molar-refractivity contribution in [3.05, 3.63) is 57.7 Å². The summed E-state index contributed by atoms with van der Waals surface area (Å²) >= 11 is 8.46. The zero-order valence-corrected chi connectivity index (χ0v) is 13.6. The second-order valence-electron chi connectivity index (χ2n) is 4.51. The third-order valence-corrected chi connectivity index (χ3v) is 3.95. The highest BCUT2D eigenvalue weighted by atomic mass is 127. The molecule has 3 rings (SSSR count). The van der Waals surface area contributed by atoms with Crippen molar-refractivity contribution in [3.8, 4) is 5.69 Å². The predicted molar refractivity (Wildman–Crippen MR) is 88.0 cm³/mol. The minimum Gasteiger partial charge on any atom is -0.295 e. The second kappa shape index (κ2) is 5.33. The zero-order chi connectivity index (χ0) is 14.3. The standard InChI is InChI=1S/C15H11ClFIN2/c1-9(16)15-19-14-12(17)6-3-7-13(14)20(15)11-5-2-4-10(18)8-11/h2-9H,1H3. The summed E-state index contributed by atoms with van der Waals surface area (Å²) in [5, 5.41) is -0.306. The van der Waals surface area contributed by atoms with Crippen molar-refractivity contribution >= 4 is 45.2 Å². The largest absolute Gasteiger partial charge is 0.295 e. The van der Waals surface area contributed by atoms with Crippen LogP contribution < -0.4 is 0 Å². The number of imidazole rings is 1. The van der Waals surface area contributed by atoms with Crippen LogP contribution in [0.25, 0.3) is 16.7 Å². The first-order valence-corrected chi connectivity index (χ1v) is 7.66. The first-order valence-electron chi connectivity index (χ1n) is 6.15. The number of fused-ring (bicyclic) bond motifs is 1. The van der Waals surface area contributed by atoms with Crippen LogP contribution in [-0.2, 0) is 0 Å². The smallest absolute Gasteiger partial charge is 0.151 e. The molecule has 1 atom stereocenters. The molecule has 1 heterocycles. The van der Waals surface area contributed by atoms with Crippen LogP contribution in [0.4, 0.5) is 4.39 Å². The molecule has 2 nitrogen and oxygen atoms in total. The molecule has 0 radical (unpaired) electrons. The van der Waals surface area contributed by atoms with Gasteiger partial charge in [0.1, 0.15) is 11.3 Å². The highest BCUT2D eigenvalue weighted by Crippen LogP contribution is 2.29. The molecule has 0 amide bonds. The second-order valence-corrected chi connectivity index (χ2v) is 6.41. The van der Waals surface area contributed by atoms with Gasteiger partial charge in [-0.25, -0.2) is 9.37 Å². The molecule has 2 aromatic carbocycles. The van der Waals surface area contributed by atoms with Gasteiger partial charge in [-0.1, -0.05) is 12.1 Å². The summed E-state index contributed by atoms with van der Waals surface area (Å²) in [7, 11) is 0. The van der Waals surface area contributed by atoms with Gasteiger partial charge in [0, 0.05) is 9.26 Å². The van der Waals surface area contributed by atoms with E-state index in [2.05, 4.69) is 27.6 Å². The molecule has 102 valence electrons. The average Bonchev–Trinajstić information content (AvgIpc) is 2.80. The number of aromatic nitrogens is 2. The van der Waals surface area contributed by atoms with E-state index in [-0.39, 0.29) is 11.2 Å². The number of hydrogen-bond donors (Lipinski definition) is 0. The SMILES string of the molecule is CC(Cl)c1nc2c(F)cccc2n1-c1cccc(I)c1. The Morgan fingerprint density at radius 1 is 1.25 bits per heavy atom. The van der Waals surface area contributed by atoms with Gasteiger partial charge in [-0.2, -0.15) is 0 Å². The predicted octanol–water partition coefficient (Wildman–Crippen LogP) is 5.07. The van der Waals surface area contributed by atoms with E-state index in [4.69, 9.17) is 11.6 Å². The number of benzene rings is 2. The van der Waals surface area contributed by atoms with Crippen molar-refractivity contribution in [1.29, 1.82) is 0 Å². The normalized spacial score (nSPS) is 12.8. The van der Waals surface area contributed by atoms with E-state index in [0.717, 1.165) is 14.8 Å². The monoisotopic (exact) mass is 400 g/mol. The molecule has 0 spiro atoms. The molecule has 0 aliphatic carbocycles. The summed E-state index contributed by atoms with van der Waals surface area (Å²) < 4.78 is 16.9. The fraction of sp³-hybridized carbons (Fsp3) is 0.133. The summed E-state index contributed by atoms with van der Waals surface area (Å²) in [6.07, 6.45) is 0. The molecule has 0 N–H and O–H groups in total. The minimum absolute atomic E-state index is 0.306. The maximum atomic E-state index is 13.9. The molecular formula is C15H11ClFIN2. The molecule has 3 aromatic rings. The molecule has 0 aliphatic rings. The van der Waals surface area contributed by atoms with Gasteiger partial charge >= 0.3 is 0 Å². The summed E-state index contributed by atoms with van der Waals surface area (Å²) in [6.45, 7) is 1.84. The number of halogens is 3. The lowest BCUT2D eigenvalue weighted by Crippen LogP contribution is -2.02. The summed E-state index contributed by atoms with van der Waals surface area (Å²) in [5.41, 5.74) is 2.02. The lowest BCUT2D eigenvalue weighted by molar-refractivity contribution is 0.637. The Hall–Kier alpha value is -1.14. The number of alkyl halides is 1. The van der Waals surface area contributed by atoms with Crippen LogP contribution in [0, 0.1) is 9.39 Å². The number of para-hydroxylation sites is 1. The van der Waals surface area contributed by atoms with Gasteiger partial charge in [0.05, 0.1) is 10.9 Å². The van der Waals surface area contributed by atoms with Crippen LogP contribution in [0.2, 0.25) is 0 Å². The molecule has 1 unspecified atom stereocenters. The zero-order valence-electron chi connectivity index (χ0n) is 10.6. The Morgan fingerprint density at radius 2 is 2.00 bits per heavy atom. The first-order chi connectivity index (χ1) is 9.58. The van der Waals surface area contributed by atoms with E-state index in [1.54, 1.807) is 6.07 Å². The molecule has 1 aromatic heterocycles. The van der Waals surface area contributed by atoms with Gasteiger partial charge in [0.15, 0.2) is 5.82 Å². The highest BCUT2D eigenvalue weighted by molar-refractivity contribution is 14.1. The van der Waals surface area contributed by atoms with E-state index < -0.39 is 0 Å². The van der Waals surface area contributed by atoms with Crippen LogP contribution in [0.15, 0.2) is 42.5 Å². The van der Waals surface area contributed by atoms with Gasteiger partial charge in [-0.15, -0.1) is 11.6 Å². The molecule has 20 heavy (non-hydrogen) atoms. The summed E-state index contributed by atoms with van der Waals surface area (Å²) in [4.78, 5) is 4.37. The molecule has 0 saturated carbocycles. The Kier molecular flexibility index (Phi) is 3.69. The van der Waals surface area contributed by atoms with E-state index in [1.807, 2.05) is 41.8 Å². The molecular weight excluding hydrogens is 390 g/mol. The van der Waals surface area contributed by atoms with Crippen LogP contribution in [0.5, 0.6) is 0 Å². The molecule has 5 heteroatoms. The fourth-order valence-corrected chi connectivity index (χ4v) is 2.91. The average molecular weight is 401 g/mol. The molecule has 0 bridgehead atoms. The minimum atomic E-state index is -0.328. The molecule has 0 fully saturated rings. The number of rotatable bonds is 2. The van der Waals surface area contributed by atoms with Gasteiger partial charge in [-0.05, 0) is 59.8 Å². The van der Waals surface area contributed by atoms with Crippen molar-refractivity contribution in [3.63, 3.8) is 0 Å². The van der Waals surface area contributed by atoms with Crippen LogP contribution >= 0.6 is 34.2 Å². The van der Waals surface area contributed by atoms with Gasteiger partial charge in [0.2, 0.25) is 0 Å². The van der Waals surface area contributed by atoms with Crippen LogP contribution in [0.3, 0.4) is 0 Å². The highest BCUT2D eigenvalue weighted by Gasteiger charge is 2.18. The van der Waals surface area contributed by atoms with E-state index in [9.17, 15) is 4.39 Å². The van der Waals surface area contributed by atoms with Crippen molar-refractivity contribution in [2.24, 2.45) is 0 Å². The first kappa shape index (κ1) is 13.8. The summed E-state index contributed by atoms with van der Waals surface area (Å²) in [6, 6.07) is 12.9. The van der Waals surface area contributed by atoms with Gasteiger partial charge < -0.3 is 0 Å². The fourth-order valence-electron chi connectivity index (χ4n) is 2.24. The molecule has 0 aliphatic heterocycles. The number of nitrogens with zero attached hydrogens (tertiary/aromatic N) is 2. The van der Waals surface area contributed by atoms with Crippen molar-refractivity contribution in [1.82, 2.24) is 9.55 Å². The van der Waals surface area contributed by atoms with E-state index in [0.29, 0.717) is 11.3 Å². The lowest BCUT2D eigenvalue weighted by atomic mass is 10.2. The Bertz CT molecular complexity index is 783. The Balaban J connectivity index is 2.38. The third kappa shape index (κ3) is 2.31. The van der Waals surface area contributed by atoms with E-state index in [1.165, 1.54) is 6.07 Å². The maximum absolute atomic E-state index is 13.9. The van der Waals surface area contributed by atoms with Crippen molar-refractivity contribution < 1.29 is 4.39 Å². The van der Waals surface area contributed by atoms with Crippen LogP contribution in [0.1, 0.15) is 18.1 Å². The number of hydrogen-bond acceptors (Lipinski definition) is 1. The Labute approximate surface area is 134 Å². The summed E-state index contributed by atoms with van der Waals surface area (Å²) in [5.74, 6) is 0.319. The Morgan fingerprint density at radius 3 is 2.70 bits per heavy atom. The van der Waals surface area contributed by atoms with Crippen molar-refractivity contribution in [2.45, 2.75) is 12.3 Å². The van der Waals surface area contributed by atoms with Crippen LogP contribution in [-0.4, -0.2) is 9.55 Å². The van der Waals surface area contributed by atoms with E-state index >= 15 is 0 Å².